The van der Waals surface area contributed by atoms with Crippen molar-refractivity contribution >= 4 is 23.9 Å². The summed E-state index contributed by atoms with van der Waals surface area (Å²) in [5.74, 6) is -2.17. The fourth-order valence-electron chi connectivity index (χ4n) is 2.40. The lowest BCUT2D eigenvalue weighted by Gasteiger charge is -2.15. The van der Waals surface area contributed by atoms with Gasteiger partial charge in [-0.25, -0.2) is 19.1 Å². The average molecular weight is 295 g/mol. The van der Waals surface area contributed by atoms with E-state index in [-0.39, 0.29) is 28.9 Å². The van der Waals surface area contributed by atoms with E-state index in [9.17, 15) is 19.2 Å². The number of nitrogens with two attached hydrogens (primary N) is 1. The maximum absolute atomic E-state index is 11.9. The van der Waals surface area contributed by atoms with Crippen LogP contribution < -0.4 is 10.7 Å². The third-order valence-corrected chi connectivity index (χ3v) is 3.22. The highest BCUT2D eigenvalue weighted by molar-refractivity contribution is 6.13. The summed E-state index contributed by atoms with van der Waals surface area (Å²) < 4.78 is 10.4. The topological polar surface area (TPSA) is 121 Å². The van der Waals surface area contributed by atoms with Gasteiger partial charge in [-0.2, -0.15) is 5.01 Å². The highest BCUT2D eigenvalue weighted by Crippen LogP contribution is 2.29. The molecule has 0 fully saturated rings. The molecule has 1 aliphatic rings. The van der Waals surface area contributed by atoms with Crippen molar-refractivity contribution in [2.45, 2.75) is 13.3 Å². The lowest BCUT2D eigenvalue weighted by Crippen LogP contribution is -2.45. The van der Waals surface area contributed by atoms with Crippen molar-refractivity contribution in [2.24, 2.45) is 5.73 Å². The van der Waals surface area contributed by atoms with E-state index in [1.165, 1.54) is 6.92 Å². The Bertz CT molecular complexity index is 675. The minimum absolute atomic E-state index is 0.0573. The fraction of sp³-hybridized carbons (Fsp3) is 0.333. The summed E-state index contributed by atoms with van der Waals surface area (Å²) in [5.41, 5.74) is 5.37. The minimum atomic E-state index is -1.01. The quantitative estimate of drug-likeness (QED) is 0.732. The normalized spacial score (nSPS) is 13.1. The summed E-state index contributed by atoms with van der Waals surface area (Å²) in [5, 5.41) is 0.670. The molecule has 0 aromatic carbocycles. The third-order valence-electron chi connectivity index (χ3n) is 3.22. The second-order valence-corrected chi connectivity index (χ2v) is 4.30. The zero-order valence-electron chi connectivity index (χ0n) is 11.6. The van der Waals surface area contributed by atoms with Crippen LogP contribution in [0.15, 0.2) is 0 Å². The van der Waals surface area contributed by atoms with Crippen LogP contribution in [0.1, 0.15) is 32.1 Å². The number of hydrogen-bond donors (Lipinski definition) is 1. The molecule has 2 heterocycles. The van der Waals surface area contributed by atoms with Crippen molar-refractivity contribution in [2.75, 3.05) is 19.2 Å². The highest BCUT2D eigenvalue weighted by atomic mass is 16.5. The largest absolute Gasteiger partial charge is 0.465 e. The van der Waals surface area contributed by atoms with Crippen molar-refractivity contribution in [1.29, 1.82) is 0 Å². The van der Waals surface area contributed by atoms with Gasteiger partial charge in [-0.3, -0.25) is 4.79 Å². The monoisotopic (exact) mass is 295 g/mol. The van der Waals surface area contributed by atoms with Crippen LogP contribution >= 0.6 is 0 Å². The number of carbonyl (C=O) groups excluding carboxylic acids is 4. The molecule has 21 heavy (non-hydrogen) atoms. The van der Waals surface area contributed by atoms with Gasteiger partial charge in [0.15, 0.2) is 0 Å². The molecule has 112 valence electrons. The molecule has 1 aromatic heterocycles. The molecule has 0 bridgehead atoms. The van der Waals surface area contributed by atoms with Gasteiger partial charge < -0.3 is 15.2 Å². The number of esters is 2. The van der Waals surface area contributed by atoms with E-state index < -0.39 is 23.9 Å². The third kappa shape index (κ3) is 1.93. The Morgan fingerprint density at radius 2 is 1.62 bits per heavy atom. The number of nitrogens with zero attached hydrogens (tertiary/aromatic N) is 2. The smallest absolute Gasteiger partial charge is 0.341 e. The van der Waals surface area contributed by atoms with Crippen LogP contribution in [0.25, 0.3) is 0 Å². The van der Waals surface area contributed by atoms with E-state index in [0.717, 1.165) is 18.9 Å². The molecule has 0 unspecified atom stereocenters. The Labute approximate surface area is 119 Å². The second kappa shape index (κ2) is 4.93. The number of methoxy groups -OCH3 is 2. The minimum Gasteiger partial charge on any atom is -0.465 e. The molecule has 0 saturated heterocycles. The Morgan fingerprint density at radius 3 is 2.10 bits per heavy atom. The number of urea groups is 1. The Kier molecular flexibility index (Phi) is 3.42. The number of fused-ring (bicyclic) bond motifs is 1. The molecule has 3 amide bonds. The van der Waals surface area contributed by atoms with E-state index in [4.69, 9.17) is 5.73 Å². The SMILES string of the molecule is COC(=O)c1c(C(=O)OC)c2n(c1C)N(C(N)=O)C(=O)C2. The van der Waals surface area contributed by atoms with Gasteiger partial charge >= 0.3 is 18.0 Å². The van der Waals surface area contributed by atoms with Gasteiger partial charge in [0.05, 0.1) is 43.2 Å². The van der Waals surface area contributed by atoms with Crippen LogP contribution in [-0.2, 0) is 20.7 Å². The molecule has 0 atom stereocenters. The van der Waals surface area contributed by atoms with E-state index in [0.29, 0.717) is 5.01 Å². The number of primary amides is 1. The van der Waals surface area contributed by atoms with Crippen LogP contribution in [0, 0.1) is 6.92 Å². The molecule has 1 aromatic rings. The highest BCUT2D eigenvalue weighted by Gasteiger charge is 2.41. The lowest BCUT2D eigenvalue weighted by molar-refractivity contribution is -0.117. The molecule has 9 nitrogen and oxygen atoms in total. The first kappa shape index (κ1) is 14.6. The number of hydrogen-bond acceptors (Lipinski definition) is 6. The summed E-state index contributed by atoms with van der Waals surface area (Å²) in [6.07, 6.45) is -0.245. The summed E-state index contributed by atoms with van der Waals surface area (Å²) in [6, 6.07) is -1.01. The molecule has 2 N–H and O–H groups in total. The zero-order chi connectivity index (χ0) is 15.9. The Morgan fingerprint density at radius 1 is 1.10 bits per heavy atom. The molecular formula is C12H13N3O6. The fourth-order valence-corrected chi connectivity index (χ4v) is 2.40. The standard InChI is InChI=1S/C12H13N3O6/c1-5-8(10(17)20-2)9(11(18)21-3)6-4-7(16)15(12(13)19)14(5)6/h4H2,1-3H3,(H2,13,19). The van der Waals surface area contributed by atoms with Crippen LogP contribution in [0.2, 0.25) is 0 Å². The van der Waals surface area contributed by atoms with Crippen LogP contribution in [-0.4, -0.2) is 42.8 Å². The van der Waals surface area contributed by atoms with Crippen molar-refractivity contribution in [3.05, 3.63) is 22.5 Å². The maximum atomic E-state index is 11.9. The molecule has 9 heteroatoms. The van der Waals surface area contributed by atoms with Gasteiger partial charge in [0.25, 0.3) is 5.91 Å². The van der Waals surface area contributed by atoms with Crippen molar-refractivity contribution in [3.63, 3.8) is 0 Å². The second-order valence-electron chi connectivity index (χ2n) is 4.30. The zero-order valence-corrected chi connectivity index (χ0v) is 11.6. The lowest BCUT2D eigenvalue weighted by atomic mass is 10.1. The Balaban J connectivity index is 2.77. The molecule has 0 aliphatic carbocycles. The first-order valence-corrected chi connectivity index (χ1v) is 5.88. The molecule has 0 saturated carbocycles. The van der Waals surface area contributed by atoms with Crippen molar-refractivity contribution < 1.29 is 28.7 Å². The van der Waals surface area contributed by atoms with Crippen LogP contribution in [0.4, 0.5) is 4.79 Å². The predicted molar refractivity (Wildman–Crippen MR) is 68.4 cm³/mol. The van der Waals surface area contributed by atoms with Crippen molar-refractivity contribution in [1.82, 2.24) is 4.68 Å². The molecule has 0 spiro atoms. The van der Waals surface area contributed by atoms with Crippen molar-refractivity contribution in [3.8, 4) is 0 Å². The van der Waals surface area contributed by atoms with E-state index in [1.54, 1.807) is 0 Å². The Hall–Kier alpha value is -2.84. The molecule has 2 rings (SSSR count). The van der Waals surface area contributed by atoms with E-state index >= 15 is 0 Å². The number of aromatic nitrogens is 1. The van der Waals surface area contributed by atoms with E-state index in [2.05, 4.69) is 9.47 Å². The predicted octanol–water partition coefficient (Wildman–Crippen LogP) is -0.531. The van der Waals surface area contributed by atoms with E-state index in [1.807, 2.05) is 0 Å². The summed E-state index contributed by atoms with van der Waals surface area (Å²) in [7, 11) is 2.30. The maximum Gasteiger partial charge on any atom is 0.341 e. The van der Waals surface area contributed by atoms with Gasteiger partial charge in [-0.1, -0.05) is 0 Å². The van der Waals surface area contributed by atoms with Gasteiger partial charge in [-0.05, 0) is 6.92 Å². The van der Waals surface area contributed by atoms with Gasteiger partial charge in [0.1, 0.15) is 0 Å². The number of carbonyl (C=O) groups is 4. The number of amides is 3. The van der Waals surface area contributed by atoms with Crippen LogP contribution in [0.3, 0.4) is 0 Å². The van der Waals surface area contributed by atoms with Gasteiger partial charge in [0, 0.05) is 0 Å². The first-order chi connectivity index (χ1) is 9.84. The van der Waals surface area contributed by atoms with Gasteiger partial charge in [-0.15, -0.1) is 0 Å². The van der Waals surface area contributed by atoms with Crippen LogP contribution in [0.5, 0.6) is 0 Å². The number of rotatable bonds is 2. The summed E-state index contributed by atoms with van der Waals surface area (Å²) >= 11 is 0. The molecule has 0 radical (unpaired) electrons. The average Bonchev–Trinajstić information content (AvgIpc) is 2.91. The molecular weight excluding hydrogens is 282 g/mol. The number of imide groups is 1. The molecule has 1 aliphatic heterocycles. The number of ether oxygens (including phenoxy) is 2. The van der Waals surface area contributed by atoms with Gasteiger partial charge in [0.2, 0.25) is 0 Å². The summed E-state index contributed by atoms with van der Waals surface area (Å²) in [6.45, 7) is 1.47. The summed E-state index contributed by atoms with van der Waals surface area (Å²) in [4.78, 5) is 47.0. The first-order valence-electron chi connectivity index (χ1n) is 5.88.